The molecule has 0 aliphatic carbocycles. The maximum Gasteiger partial charge on any atom is 0.305 e. The number of hydrogen-bond donors (Lipinski definition) is 2. The van der Waals surface area contributed by atoms with E-state index in [4.69, 9.17) is 14.6 Å². The number of piperazine rings is 3. The highest BCUT2D eigenvalue weighted by molar-refractivity contribution is 5.69. The zero-order valence-corrected chi connectivity index (χ0v) is 76.3. The summed E-state index contributed by atoms with van der Waals surface area (Å²) in [5.41, 5.74) is 0. The molecule has 2 N–H and O–H groups in total. The molecule has 18 nitrogen and oxygen atoms in total. The molecule has 4 heterocycles. The van der Waals surface area contributed by atoms with Gasteiger partial charge in [-0.05, 0) is 239 Å². The van der Waals surface area contributed by atoms with Crippen molar-refractivity contribution in [3.05, 3.63) is 0 Å². The van der Waals surface area contributed by atoms with Crippen LogP contribution in [0.15, 0.2) is 0 Å². The van der Waals surface area contributed by atoms with E-state index in [-0.39, 0.29) is 11.9 Å². The minimum atomic E-state index is -0.179. The molecule has 4 aliphatic rings. The van der Waals surface area contributed by atoms with Crippen molar-refractivity contribution in [2.24, 2.45) is 11.8 Å². The zero-order valence-electron chi connectivity index (χ0n) is 76.3. The van der Waals surface area contributed by atoms with Gasteiger partial charge in [0.1, 0.15) is 6.61 Å². The molecule has 0 aromatic rings. The second-order valence-corrected chi connectivity index (χ2v) is 30.7. The summed E-state index contributed by atoms with van der Waals surface area (Å²) < 4.78 is 9.87. The molecule has 0 aromatic carbocycles. The molecule has 4 saturated heterocycles. The third-order valence-electron chi connectivity index (χ3n) is 19.4. The first-order valence-electron chi connectivity index (χ1n) is 43.5. The predicted octanol–water partition coefficient (Wildman–Crippen LogP) is 15.4. The number of carbonyl (C=O) groups is 2. The fraction of sp³-hybridized carbons (Fsp3) is 0.977. The van der Waals surface area contributed by atoms with E-state index in [2.05, 4.69) is 245 Å². The van der Waals surface area contributed by atoms with Gasteiger partial charge in [0.2, 0.25) is 0 Å². The minimum absolute atomic E-state index is 0.0343. The van der Waals surface area contributed by atoms with Crippen molar-refractivity contribution in [2.45, 2.75) is 284 Å². The maximum atomic E-state index is 10.9. The van der Waals surface area contributed by atoms with Crippen molar-refractivity contribution >= 4 is 11.9 Å². The van der Waals surface area contributed by atoms with Crippen molar-refractivity contribution in [2.75, 3.05) is 261 Å². The third-order valence-corrected chi connectivity index (χ3v) is 19.4. The lowest BCUT2D eigenvalue weighted by atomic mass is 9.96. The van der Waals surface area contributed by atoms with Gasteiger partial charge in [-0.15, -0.1) is 0 Å². The van der Waals surface area contributed by atoms with E-state index in [1.807, 2.05) is 14.0 Å². The number of rotatable bonds is 39. The molecule has 0 aromatic heterocycles. The van der Waals surface area contributed by atoms with Gasteiger partial charge in [-0.25, -0.2) is 0 Å². The number of aliphatic hydroxyl groups excluding tert-OH is 1. The Morgan fingerprint density at radius 2 is 0.904 bits per heavy atom. The monoisotopic (exact) mass is 1490 g/mol. The molecular weight excluding hydrogens is 1300 g/mol. The average molecular weight is 1490 g/mol. The molecule has 0 radical (unpaired) electrons. The number of unbranched alkanes of at least 4 members (excludes halogenated alkanes) is 8. The molecule has 4 aliphatic heterocycles. The minimum Gasteiger partial charge on any atom is -0.466 e. The SMILES string of the molecule is CCC(C)CN(C)C.CCC(C)N(C)C.CCC(C)N(CC)CC.CCC1CCCN(C)C1.CCCCCCC(=O)OCCC.CCCCN(C)C.CCCCN1CCN(C)CC1.CCCCN1CCN(CCO)CC1.CCCCN1CCN(CCOC(C)=O)CC1.CCCCNC.CCCN(C)C. The van der Waals surface area contributed by atoms with Crippen molar-refractivity contribution < 1.29 is 24.2 Å². The first kappa shape index (κ1) is 116. The van der Waals surface area contributed by atoms with Crippen LogP contribution >= 0.6 is 0 Å². The Kier molecular flexibility index (Phi) is 100. The summed E-state index contributed by atoms with van der Waals surface area (Å²) in [4.78, 5) is 50.0. The number of nitrogens with one attached hydrogen (secondary N) is 1. The molecule has 104 heavy (non-hydrogen) atoms. The zero-order chi connectivity index (χ0) is 80.6. The van der Waals surface area contributed by atoms with E-state index in [1.165, 1.54) is 234 Å². The molecule has 4 rings (SSSR count). The van der Waals surface area contributed by atoms with E-state index in [0.717, 1.165) is 102 Å². The fourth-order valence-corrected chi connectivity index (χ4v) is 11.2. The van der Waals surface area contributed by atoms with Crippen LogP contribution in [0.25, 0.3) is 0 Å². The summed E-state index contributed by atoms with van der Waals surface area (Å²) in [6, 6.07) is 1.50. The van der Waals surface area contributed by atoms with Crippen LogP contribution in [-0.2, 0) is 19.1 Å². The number of nitrogens with zero attached hydrogens (tertiary/aromatic N) is 12. The second kappa shape index (κ2) is 90.3. The average Bonchev–Trinajstić information content (AvgIpc) is 0.941. The van der Waals surface area contributed by atoms with Crippen LogP contribution in [-0.4, -0.2) is 349 Å². The van der Waals surface area contributed by atoms with Gasteiger partial charge >= 0.3 is 11.9 Å². The van der Waals surface area contributed by atoms with Crippen molar-refractivity contribution in [1.82, 2.24) is 64.1 Å². The lowest BCUT2D eigenvalue weighted by Crippen LogP contribution is -2.47. The number of carbonyl (C=O) groups excluding carboxylic acids is 2. The number of hydrogen-bond acceptors (Lipinski definition) is 18. The Morgan fingerprint density at radius 3 is 1.17 bits per heavy atom. The third kappa shape index (κ3) is 92.8. The van der Waals surface area contributed by atoms with Crippen molar-refractivity contribution in [3.8, 4) is 0 Å². The Labute approximate surface area is 654 Å². The summed E-state index contributed by atoms with van der Waals surface area (Å²) in [6.07, 6.45) is 28.5. The lowest BCUT2D eigenvalue weighted by molar-refractivity contribution is -0.144. The number of ether oxygens (including phenoxy) is 2. The number of piperidine rings is 1. The first-order valence-corrected chi connectivity index (χ1v) is 43.5. The maximum absolute atomic E-state index is 10.9. The van der Waals surface area contributed by atoms with E-state index in [9.17, 15) is 9.59 Å². The number of likely N-dealkylation sites (tertiary alicyclic amines) is 1. The summed E-state index contributed by atoms with van der Waals surface area (Å²) in [7, 11) is 23.2. The smallest absolute Gasteiger partial charge is 0.305 e. The van der Waals surface area contributed by atoms with Crippen molar-refractivity contribution in [3.63, 3.8) is 0 Å². The summed E-state index contributed by atoms with van der Waals surface area (Å²) in [5.74, 6) is 1.63. The van der Waals surface area contributed by atoms with Gasteiger partial charge in [0.05, 0.1) is 13.2 Å². The standard InChI is InChI=1S/C12H24N2O2.C10H22N2O.C10H20O2.C9H20N2.C8H17N.C8H19N.C7H17N.2C6H15N.2C5H13N/c1-3-4-5-13-6-8-14(9-7-13)10-11-16-12(2)15;1-2-3-4-11-5-7-12(8-6-11)9-10-13;1-3-5-6-7-8-10(11)12-9-4-2;1-3-4-5-11-8-6-10(2)7-9-11;1-3-8-5-4-6-9(2)7-8;1-5-8(4)9(6-2)7-3;1-5-7(2)6-8(3)4;1-5-6(2)7(3)4;1-4-5-6-7(2)3;1-4-5-6(2)3;1-3-4-5-6-2/h3-11H2,1-2H3;13H,2-10H2,1H3;3-9H2,1-2H3;3-9H2,1-2H3;8H,3-7H2,1-2H3;8H,5-7H2,1-4H3;7H,5-6H2,1-4H3;6H,5H2,1-4H3;4-6H2,1-3H3;4-5H2,1-3H3;6H,3-5H2,1-2H3. The fourth-order valence-electron chi connectivity index (χ4n) is 11.2. The number of likely N-dealkylation sites (N-methyl/N-ethyl adjacent to an activating group) is 1. The lowest BCUT2D eigenvalue weighted by Gasteiger charge is -2.34. The van der Waals surface area contributed by atoms with Gasteiger partial charge in [0.15, 0.2) is 0 Å². The largest absolute Gasteiger partial charge is 0.466 e. The van der Waals surface area contributed by atoms with Crippen LogP contribution in [0.1, 0.15) is 272 Å². The Bertz CT molecular complexity index is 1590. The van der Waals surface area contributed by atoms with Crippen LogP contribution in [0.5, 0.6) is 0 Å². The topological polar surface area (TPSA) is 124 Å². The highest BCUT2D eigenvalue weighted by Crippen LogP contribution is 2.17. The van der Waals surface area contributed by atoms with Gasteiger partial charge in [-0.2, -0.15) is 0 Å². The van der Waals surface area contributed by atoms with Gasteiger partial charge < -0.3 is 68.9 Å². The number of β-amino-alcohol motifs (C(OH)–C–C–N with tert-alkyl or cyclic N) is 1. The summed E-state index contributed by atoms with van der Waals surface area (Å²) >= 11 is 0. The molecule has 4 fully saturated rings. The highest BCUT2D eigenvalue weighted by atomic mass is 16.5. The van der Waals surface area contributed by atoms with E-state index in [0.29, 0.717) is 26.2 Å². The van der Waals surface area contributed by atoms with Crippen LogP contribution in [0, 0.1) is 11.8 Å². The quantitative estimate of drug-likeness (QED) is 0.0448. The van der Waals surface area contributed by atoms with E-state index >= 15 is 0 Å². The van der Waals surface area contributed by atoms with E-state index in [1.54, 1.807) is 0 Å². The molecule has 18 heteroatoms. The van der Waals surface area contributed by atoms with Gasteiger partial charge in [-0.1, -0.05) is 168 Å². The Morgan fingerprint density at radius 1 is 0.462 bits per heavy atom. The summed E-state index contributed by atoms with van der Waals surface area (Å²) in [6.45, 7) is 70.1. The second-order valence-electron chi connectivity index (χ2n) is 30.7. The molecule has 0 amide bonds. The van der Waals surface area contributed by atoms with E-state index < -0.39 is 0 Å². The predicted molar refractivity (Wildman–Crippen MR) is 464 cm³/mol. The Hall–Kier alpha value is -1.62. The van der Waals surface area contributed by atoms with Gasteiger partial charge in [0.25, 0.3) is 0 Å². The molecule has 0 saturated carbocycles. The van der Waals surface area contributed by atoms with Crippen LogP contribution in [0.2, 0.25) is 0 Å². The molecule has 4 unspecified atom stereocenters. The van der Waals surface area contributed by atoms with Gasteiger partial charge in [-0.3, -0.25) is 19.4 Å². The van der Waals surface area contributed by atoms with Crippen LogP contribution in [0.3, 0.4) is 0 Å². The normalized spacial score (nSPS) is 16.8. The van der Waals surface area contributed by atoms with Crippen LogP contribution < -0.4 is 5.32 Å². The van der Waals surface area contributed by atoms with Crippen molar-refractivity contribution in [1.29, 1.82) is 0 Å². The molecule has 634 valence electrons. The van der Waals surface area contributed by atoms with Gasteiger partial charge in [0, 0.05) is 130 Å². The Balaban J connectivity index is -0.000000202. The first-order chi connectivity index (χ1) is 49.6. The number of esters is 2. The highest BCUT2D eigenvalue weighted by Gasteiger charge is 2.18. The van der Waals surface area contributed by atoms with Crippen LogP contribution in [0.4, 0.5) is 0 Å². The molecule has 4 atom stereocenters. The molecule has 0 spiro atoms. The summed E-state index contributed by atoms with van der Waals surface area (Å²) in [5, 5.41) is 11.8. The molecular formula is C86H195N13O5. The number of aliphatic hydroxyl groups is 1. The molecule has 0 bridgehead atoms.